The zero-order valence-corrected chi connectivity index (χ0v) is 21.1. The van der Waals surface area contributed by atoms with Crippen LogP contribution in [-0.2, 0) is 15.6 Å². The van der Waals surface area contributed by atoms with Crippen LogP contribution in [0.3, 0.4) is 0 Å². The van der Waals surface area contributed by atoms with Crippen molar-refractivity contribution < 1.29 is 18.6 Å². The molecule has 0 saturated carbocycles. The summed E-state index contributed by atoms with van der Waals surface area (Å²) in [4.78, 5) is 16.4. The average Bonchev–Trinajstić information content (AvgIpc) is 3.24. The highest BCUT2D eigenvalue weighted by Crippen LogP contribution is 2.47. The predicted molar refractivity (Wildman–Crippen MR) is 140 cm³/mol. The Bertz CT molecular complexity index is 1590. The van der Waals surface area contributed by atoms with E-state index in [1.54, 1.807) is 48.5 Å². The molecule has 2 heterocycles. The minimum atomic E-state index is -3.83. The van der Waals surface area contributed by atoms with Crippen molar-refractivity contribution in [3.8, 4) is 6.07 Å². The molecular weight excluding hydrogens is 499 g/mol. The molecule has 1 atom stereocenters. The highest BCUT2D eigenvalue weighted by Gasteiger charge is 2.36. The summed E-state index contributed by atoms with van der Waals surface area (Å²) in [7, 11) is -2.50. The number of hydrogen-bond donors (Lipinski definition) is 2. The van der Waals surface area contributed by atoms with Gasteiger partial charge >= 0.3 is 0 Å². The van der Waals surface area contributed by atoms with Crippen molar-refractivity contribution in [3.63, 3.8) is 0 Å². The summed E-state index contributed by atoms with van der Waals surface area (Å²) in [6.45, 7) is 1.93. The molecule has 1 amide bonds. The summed E-state index contributed by atoms with van der Waals surface area (Å²) < 4.78 is 20.9. The van der Waals surface area contributed by atoms with E-state index in [4.69, 9.17) is 21.4 Å². The van der Waals surface area contributed by atoms with Gasteiger partial charge in [0, 0.05) is 52.6 Å². The zero-order valence-electron chi connectivity index (χ0n) is 19.5. The number of allylic oxidation sites excluding steroid dienone is 1. The highest BCUT2D eigenvalue weighted by atomic mass is 35.5. The maximum atomic E-state index is 14.6. The van der Waals surface area contributed by atoms with Gasteiger partial charge in [-0.2, -0.15) is 9.99 Å². The van der Waals surface area contributed by atoms with Crippen molar-refractivity contribution in [1.29, 1.82) is 5.26 Å². The Morgan fingerprint density at radius 2 is 2.11 bits per heavy atom. The Morgan fingerprint density at radius 3 is 2.83 bits per heavy atom. The number of aromatic amines is 1. The molecular formula is C26H22ClN4O4P. The Kier molecular flexibility index (Phi) is 7.27. The molecule has 2 aromatic carbocycles. The first-order chi connectivity index (χ1) is 17.2. The number of fused-ring (bicyclic) bond motifs is 1. The number of nitrogens with one attached hydrogen (secondary N) is 2. The number of nitrogens with zero attached hydrogens (tertiary/aromatic N) is 2. The van der Waals surface area contributed by atoms with E-state index >= 15 is 0 Å². The summed E-state index contributed by atoms with van der Waals surface area (Å²) in [6, 6.07) is 15.5. The minimum Gasteiger partial charge on any atom is -0.619 e. The molecule has 0 aliphatic rings. The number of H-pyrrole nitrogens is 1. The minimum absolute atomic E-state index is 0.0685. The van der Waals surface area contributed by atoms with E-state index in [9.17, 15) is 14.6 Å². The third-order valence-corrected chi connectivity index (χ3v) is 8.32. The van der Waals surface area contributed by atoms with Crippen molar-refractivity contribution in [3.05, 3.63) is 99.6 Å². The lowest BCUT2D eigenvalue weighted by molar-refractivity contribution is -0.605. The van der Waals surface area contributed by atoms with Crippen LogP contribution in [0.25, 0.3) is 17.0 Å². The summed E-state index contributed by atoms with van der Waals surface area (Å²) in [5.41, 5.74) is 2.71. The summed E-state index contributed by atoms with van der Waals surface area (Å²) in [5, 5.41) is 24.7. The molecule has 10 heteroatoms. The second-order valence-corrected chi connectivity index (χ2v) is 11.0. The number of halogens is 1. The van der Waals surface area contributed by atoms with Crippen LogP contribution in [0.5, 0.6) is 0 Å². The van der Waals surface area contributed by atoms with Gasteiger partial charge in [-0.05, 0) is 60.5 Å². The third-order valence-electron chi connectivity index (χ3n) is 5.58. The smallest absolute Gasteiger partial charge is 0.268 e. The van der Waals surface area contributed by atoms with E-state index in [-0.39, 0.29) is 17.5 Å². The Hall–Kier alpha value is -3.89. The number of nitriles is 1. The van der Waals surface area contributed by atoms with Crippen LogP contribution in [-0.4, -0.2) is 18.0 Å². The van der Waals surface area contributed by atoms with Gasteiger partial charge in [0.15, 0.2) is 12.4 Å². The van der Waals surface area contributed by atoms with Gasteiger partial charge in [0.25, 0.3) is 13.3 Å². The standard InChI is InChI=1S/C26H22ClN4O4P/c1-17-11-18(5-3-9-28)13-21(12-17)36(34,35-2)25-22-14-20(27)7-8-23(22)30-24(25)26(32)29-15-19-6-4-10-31(33)16-19/h3-8,10-14,16,30H,15H2,1-2H3,(H,29,32)/b5-3+. The molecule has 2 N–H and O–H groups in total. The predicted octanol–water partition coefficient (Wildman–Crippen LogP) is 4.11. The lowest BCUT2D eigenvalue weighted by atomic mass is 10.1. The number of pyridine rings is 1. The van der Waals surface area contributed by atoms with Gasteiger partial charge < -0.3 is 20.0 Å². The number of aromatic nitrogens is 2. The summed E-state index contributed by atoms with van der Waals surface area (Å²) in [5.74, 6) is -0.520. The van der Waals surface area contributed by atoms with E-state index in [1.807, 2.05) is 19.1 Å². The fourth-order valence-corrected chi connectivity index (χ4v) is 6.48. The van der Waals surface area contributed by atoms with Crippen molar-refractivity contribution >= 4 is 52.5 Å². The second-order valence-electron chi connectivity index (χ2n) is 8.09. The molecule has 8 nitrogen and oxygen atoms in total. The van der Waals surface area contributed by atoms with Gasteiger partial charge in [-0.1, -0.05) is 17.7 Å². The molecule has 0 spiro atoms. The topological polar surface area (TPSA) is 122 Å². The molecule has 2 aromatic heterocycles. The van der Waals surface area contributed by atoms with Gasteiger partial charge in [0.1, 0.15) is 5.69 Å². The van der Waals surface area contributed by atoms with Crippen LogP contribution >= 0.6 is 19.0 Å². The second kappa shape index (κ2) is 10.4. The number of carbonyl (C=O) groups excluding carboxylic acids is 1. The van der Waals surface area contributed by atoms with Crippen LogP contribution in [0.15, 0.2) is 67.0 Å². The van der Waals surface area contributed by atoms with E-state index in [0.29, 0.717) is 37.1 Å². The van der Waals surface area contributed by atoms with E-state index < -0.39 is 13.3 Å². The van der Waals surface area contributed by atoms with Gasteiger partial charge in [-0.3, -0.25) is 9.36 Å². The fraction of sp³-hybridized carbons (Fsp3) is 0.115. The monoisotopic (exact) mass is 520 g/mol. The zero-order chi connectivity index (χ0) is 25.9. The highest BCUT2D eigenvalue weighted by molar-refractivity contribution is 7.75. The molecule has 0 aliphatic carbocycles. The fourth-order valence-electron chi connectivity index (χ4n) is 4.01. The van der Waals surface area contributed by atoms with Gasteiger partial charge in [0.2, 0.25) is 0 Å². The van der Waals surface area contributed by atoms with E-state index in [0.717, 1.165) is 5.56 Å². The molecule has 1 unspecified atom stereocenters. The molecule has 0 bridgehead atoms. The van der Waals surface area contributed by atoms with Crippen molar-refractivity contribution in [2.75, 3.05) is 7.11 Å². The SMILES string of the molecule is COP(=O)(c1cc(C)cc(/C=C/C#N)c1)c1c(C(=O)NCc2ccc[n+]([O-])c2)[nH]c2ccc(Cl)cc12. The molecule has 0 radical (unpaired) electrons. The number of aryl methyl sites for hydroxylation is 1. The van der Waals surface area contributed by atoms with Crippen LogP contribution in [0.2, 0.25) is 5.02 Å². The molecule has 0 saturated heterocycles. The molecule has 0 aliphatic heterocycles. The van der Waals surface area contributed by atoms with E-state index in [1.165, 1.54) is 25.6 Å². The Balaban J connectivity index is 1.86. The number of carbonyl (C=O) groups is 1. The van der Waals surface area contributed by atoms with Crippen molar-refractivity contribution in [2.45, 2.75) is 13.5 Å². The molecule has 182 valence electrons. The van der Waals surface area contributed by atoms with Crippen molar-refractivity contribution in [1.82, 2.24) is 10.3 Å². The van der Waals surface area contributed by atoms with Gasteiger partial charge in [0.05, 0.1) is 11.4 Å². The lowest BCUT2D eigenvalue weighted by Crippen LogP contribution is -2.31. The van der Waals surface area contributed by atoms with Crippen molar-refractivity contribution in [2.24, 2.45) is 0 Å². The first-order valence-electron chi connectivity index (χ1n) is 10.9. The molecule has 4 aromatic rings. The molecule has 0 fully saturated rings. The first kappa shape index (κ1) is 25.2. The van der Waals surface area contributed by atoms with Crippen LogP contribution < -0.4 is 20.7 Å². The average molecular weight is 521 g/mol. The molecule has 36 heavy (non-hydrogen) atoms. The lowest BCUT2D eigenvalue weighted by Gasteiger charge is -2.19. The van der Waals surface area contributed by atoms with Crippen LogP contribution in [0.1, 0.15) is 27.2 Å². The first-order valence-corrected chi connectivity index (χ1v) is 12.9. The normalized spacial score (nSPS) is 12.9. The van der Waals surface area contributed by atoms with Gasteiger partial charge in [-0.15, -0.1) is 0 Å². The quantitative estimate of drug-likeness (QED) is 0.164. The Labute approximate surface area is 212 Å². The summed E-state index contributed by atoms with van der Waals surface area (Å²) >= 11 is 6.27. The number of benzene rings is 2. The third kappa shape index (κ3) is 5.05. The van der Waals surface area contributed by atoms with Crippen LogP contribution in [0, 0.1) is 23.5 Å². The van der Waals surface area contributed by atoms with Crippen LogP contribution in [0.4, 0.5) is 0 Å². The van der Waals surface area contributed by atoms with E-state index in [2.05, 4.69) is 10.3 Å². The Morgan fingerprint density at radius 1 is 1.31 bits per heavy atom. The number of hydrogen-bond acceptors (Lipinski definition) is 5. The largest absolute Gasteiger partial charge is 0.619 e. The summed E-state index contributed by atoms with van der Waals surface area (Å²) in [6.07, 6.45) is 5.64. The maximum Gasteiger partial charge on any atom is 0.268 e. The maximum absolute atomic E-state index is 14.6. The molecule has 4 rings (SSSR count). The number of amides is 1. The van der Waals surface area contributed by atoms with Gasteiger partial charge in [-0.25, -0.2) is 0 Å². The number of rotatable bonds is 7.